The molecule has 1 N–H and O–H groups in total. The second-order valence-corrected chi connectivity index (χ2v) is 4.53. The standard InChI is InChI=1S/C13H19N5/c1-9-7-11(10(2)17-16-9)12(14-3)8-13-15-5-6-18(13)4/h5-7,12,14H,8H2,1-4H3. The van der Waals surface area contributed by atoms with Crippen LogP contribution in [0.4, 0.5) is 0 Å². The van der Waals surface area contributed by atoms with Crippen molar-refractivity contribution in [1.82, 2.24) is 25.1 Å². The topological polar surface area (TPSA) is 55.6 Å². The van der Waals surface area contributed by atoms with Crippen molar-refractivity contribution in [1.29, 1.82) is 0 Å². The number of aromatic nitrogens is 4. The summed E-state index contributed by atoms with van der Waals surface area (Å²) >= 11 is 0. The molecule has 5 heteroatoms. The SMILES string of the molecule is CNC(Cc1nccn1C)c1cc(C)nnc1C. The number of aryl methyl sites for hydroxylation is 3. The quantitative estimate of drug-likeness (QED) is 0.883. The van der Waals surface area contributed by atoms with Crippen LogP contribution in [0.25, 0.3) is 0 Å². The zero-order chi connectivity index (χ0) is 13.1. The molecule has 0 aliphatic heterocycles. The molecule has 0 fully saturated rings. The van der Waals surface area contributed by atoms with E-state index in [9.17, 15) is 0 Å². The first-order valence-electron chi connectivity index (χ1n) is 6.06. The van der Waals surface area contributed by atoms with Gasteiger partial charge in [0.2, 0.25) is 0 Å². The Balaban J connectivity index is 2.28. The minimum absolute atomic E-state index is 0.209. The summed E-state index contributed by atoms with van der Waals surface area (Å²) in [5, 5.41) is 11.6. The number of rotatable bonds is 4. The van der Waals surface area contributed by atoms with Crippen LogP contribution in [0.3, 0.4) is 0 Å². The van der Waals surface area contributed by atoms with E-state index < -0.39 is 0 Å². The van der Waals surface area contributed by atoms with Gasteiger partial charge < -0.3 is 9.88 Å². The summed E-state index contributed by atoms with van der Waals surface area (Å²) in [6.45, 7) is 3.95. The van der Waals surface area contributed by atoms with E-state index in [4.69, 9.17) is 0 Å². The van der Waals surface area contributed by atoms with Crippen molar-refractivity contribution < 1.29 is 0 Å². The van der Waals surface area contributed by atoms with Gasteiger partial charge in [0.25, 0.3) is 0 Å². The van der Waals surface area contributed by atoms with Crippen molar-refractivity contribution in [2.24, 2.45) is 7.05 Å². The van der Waals surface area contributed by atoms with Crippen molar-refractivity contribution >= 4 is 0 Å². The molecule has 1 unspecified atom stereocenters. The fourth-order valence-corrected chi connectivity index (χ4v) is 2.07. The third kappa shape index (κ3) is 2.56. The van der Waals surface area contributed by atoms with Crippen LogP contribution in [-0.4, -0.2) is 26.8 Å². The Bertz CT molecular complexity index is 532. The van der Waals surface area contributed by atoms with Crippen molar-refractivity contribution in [3.8, 4) is 0 Å². The normalized spacial score (nSPS) is 12.7. The maximum atomic E-state index is 4.37. The van der Waals surface area contributed by atoms with Crippen LogP contribution in [-0.2, 0) is 13.5 Å². The molecular weight excluding hydrogens is 226 g/mol. The van der Waals surface area contributed by atoms with Gasteiger partial charge in [0.1, 0.15) is 5.82 Å². The maximum absolute atomic E-state index is 4.37. The first-order chi connectivity index (χ1) is 8.61. The Morgan fingerprint density at radius 2 is 2.11 bits per heavy atom. The molecule has 0 saturated carbocycles. The summed E-state index contributed by atoms with van der Waals surface area (Å²) < 4.78 is 2.04. The monoisotopic (exact) mass is 245 g/mol. The molecule has 5 nitrogen and oxygen atoms in total. The van der Waals surface area contributed by atoms with Crippen LogP contribution >= 0.6 is 0 Å². The smallest absolute Gasteiger partial charge is 0.110 e. The zero-order valence-corrected chi connectivity index (χ0v) is 11.3. The first-order valence-corrected chi connectivity index (χ1v) is 6.06. The van der Waals surface area contributed by atoms with Crippen molar-refractivity contribution in [3.05, 3.63) is 41.2 Å². The van der Waals surface area contributed by atoms with E-state index in [0.717, 1.165) is 23.6 Å². The lowest BCUT2D eigenvalue weighted by molar-refractivity contribution is 0.556. The van der Waals surface area contributed by atoms with Crippen LogP contribution in [0.2, 0.25) is 0 Å². The zero-order valence-electron chi connectivity index (χ0n) is 11.3. The summed E-state index contributed by atoms with van der Waals surface area (Å²) in [6, 6.07) is 2.30. The van der Waals surface area contributed by atoms with Crippen molar-refractivity contribution in [2.45, 2.75) is 26.3 Å². The Hall–Kier alpha value is -1.75. The molecule has 0 saturated heterocycles. The average molecular weight is 245 g/mol. The molecule has 0 aliphatic rings. The predicted octanol–water partition coefficient (Wildman–Crippen LogP) is 1.33. The summed E-state index contributed by atoms with van der Waals surface area (Å²) in [6.07, 6.45) is 4.63. The highest BCUT2D eigenvalue weighted by Gasteiger charge is 2.16. The van der Waals surface area contributed by atoms with Gasteiger partial charge in [-0.15, -0.1) is 0 Å². The minimum Gasteiger partial charge on any atom is -0.338 e. The molecule has 0 radical (unpaired) electrons. The third-order valence-corrected chi connectivity index (χ3v) is 3.17. The number of hydrogen-bond donors (Lipinski definition) is 1. The van der Waals surface area contributed by atoms with Crippen LogP contribution in [0.1, 0.15) is 28.8 Å². The number of likely N-dealkylation sites (N-methyl/N-ethyl adjacent to an activating group) is 1. The molecule has 18 heavy (non-hydrogen) atoms. The summed E-state index contributed by atoms with van der Waals surface area (Å²) in [4.78, 5) is 4.37. The Labute approximate surface area is 107 Å². The van der Waals surface area contributed by atoms with Crippen molar-refractivity contribution in [2.75, 3.05) is 7.05 Å². The van der Waals surface area contributed by atoms with Crippen LogP contribution in [0.5, 0.6) is 0 Å². The average Bonchev–Trinajstić information content (AvgIpc) is 2.75. The van der Waals surface area contributed by atoms with Gasteiger partial charge in [-0.25, -0.2) is 4.98 Å². The van der Waals surface area contributed by atoms with Gasteiger partial charge in [0, 0.05) is 31.9 Å². The molecule has 1 atom stereocenters. The second-order valence-electron chi connectivity index (χ2n) is 4.53. The fraction of sp³-hybridized carbons (Fsp3) is 0.462. The van der Waals surface area contributed by atoms with Gasteiger partial charge in [-0.1, -0.05) is 0 Å². The molecule has 2 heterocycles. The molecule has 0 aromatic carbocycles. The first kappa shape index (κ1) is 12.7. The van der Waals surface area contributed by atoms with Gasteiger partial charge in [-0.3, -0.25) is 0 Å². The van der Waals surface area contributed by atoms with Gasteiger partial charge in [0.05, 0.1) is 11.4 Å². The Morgan fingerprint density at radius 1 is 1.33 bits per heavy atom. The summed E-state index contributed by atoms with van der Waals surface area (Å²) in [5.74, 6) is 1.06. The Morgan fingerprint density at radius 3 is 2.72 bits per heavy atom. The number of hydrogen-bond acceptors (Lipinski definition) is 4. The maximum Gasteiger partial charge on any atom is 0.110 e. The highest BCUT2D eigenvalue weighted by atomic mass is 15.1. The largest absolute Gasteiger partial charge is 0.338 e. The van der Waals surface area contributed by atoms with E-state index in [1.165, 1.54) is 5.56 Å². The molecule has 0 amide bonds. The van der Waals surface area contributed by atoms with E-state index >= 15 is 0 Å². The van der Waals surface area contributed by atoms with Gasteiger partial charge in [-0.05, 0) is 32.5 Å². The second kappa shape index (κ2) is 5.27. The van der Waals surface area contributed by atoms with Gasteiger partial charge in [0.15, 0.2) is 0 Å². The summed E-state index contributed by atoms with van der Waals surface area (Å²) in [5.41, 5.74) is 3.10. The lowest BCUT2D eigenvalue weighted by atomic mass is 10.0. The Kier molecular flexibility index (Phi) is 3.72. The molecule has 96 valence electrons. The van der Waals surface area contributed by atoms with Crippen molar-refractivity contribution in [3.63, 3.8) is 0 Å². The number of nitrogens with zero attached hydrogens (tertiary/aromatic N) is 4. The molecule has 0 bridgehead atoms. The lowest BCUT2D eigenvalue weighted by Gasteiger charge is -2.18. The van der Waals surface area contributed by atoms with E-state index in [1.54, 1.807) is 0 Å². The predicted molar refractivity (Wildman–Crippen MR) is 70.2 cm³/mol. The molecule has 2 aromatic heterocycles. The molecule has 2 aromatic rings. The molecule has 0 aliphatic carbocycles. The van der Waals surface area contributed by atoms with Gasteiger partial charge >= 0.3 is 0 Å². The highest BCUT2D eigenvalue weighted by molar-refractivity contribution is 5.24. The summed E-state index contributed by atoms with van der Waals surface area (Å²) in [7, 11) is 3.97. The molecule has 2 rings (SSSR count). The van der Waals surface area contributed by atoms with Gasteiger partial charge in [-0.2, -0.15) is 10.2 Å². The third-order valence-electron chi connectivity index (χ3n) is 3.17. The highest BCUT2D eigenvalue weighted by Crippen LogP contribution is 2.19. The van der Waals surface area contributed by atoms with E-state index in [2.05, 4.69) is 26.6 Å². The fourth-order valence-electron chi connectivity index (χ4n) is 2.07. The van der Waals surface area contributed by atoms with E-state index in [-0.39, 0.29) is 6.04 Å². The van der Waals surface area contributed by atoms with Crippen LogP contribution < -0.4 is 5.32 Å². The van der Waals surface area contributed by atoms with E-state index in [0.29, 0.717) is 0 Å². The molecular formula is C13H19N5. The van der Waals surface area contributed by atoms with E-state index in [1.807, 2.05) is 44.9 Å². The number of nitrogens with one attached hydrogen (secondary N) is 1. The van der Waals surface area contributed by atoms with Crippen LogP contribution in [0.15, 0.2) is 18.5 Å². The lowest BCUT2D eigenvalue weighted by Crippen LogP contribution is -2.22. The number of imidazole rings is 1. The molecule has 0 spiro atoms. The minimum atomic E-state index is 0.209. The van der Waals surface area contributed by atoms with Crippen LogP contribution in [0, 0.1) is 13.8 Å².